The van der Waals surface area contributed by atoms with E-state index >= 15 is 0 Å². The van der Waals surface area contributed by atoms with E-state index in [9.17, 15) is 9.59 Å². The maximum atomic E-state index is 11.6. The lowest BCUT2D eigenvalue weighted by Crippen LogP contribution is -2.19. The summed E-state index contributed by atoms with van der Waals surface area (Å²) in [5.74, 6) is -0.241. The van der Waals surface area contributed by atoms with Gasteiger partial charge in [0, 0.05) is 12.6 Å². The van der Waals surface area contributed by atoms with Gasteiger partial charge in [0.15, 0.2) is 0 Å². The van der Waals surface area contributed by atoms with E-state index in [2.05, 4.69) is 10.4 Å². The van der Waals surface area contributed by atoms with E-state index in [-0.39, 0.29) is 12.5 Å². The first-order chi connectivity index (χ1) is 8.51. The summed E-state index contributed by atoms with van der Waals surface area (Å²) in [6.45, 7) is 2.57. The van der Waals surface area contributed by atoms with E-state index in [1.807, 2.05) is 6.92 Å². The van der Waals surface area contributed by atoms with Crippen molar-refractivity contribution in [3.05, 3.63) is 12.4 Å². The lowest BCUT2D eigenvalue weighted by molar-refractivity contribution is -0.118. The van der Waals surface area contributed by atoms with Crippen molar-refractivity contribution in [2.75, 3.05) is 11.9 Å². The Labute approximate surface area is 106 Å². The van der Waals surface area contributed by atoms with Crippen molar-refractivity contribution in [2.45, 2.75) is 26.3 Å². The van der Waals surface area contributed by atoms with Crippen molar-refractivity contribution >= 4 is 17.5 Å². The van der Waals surface area contributed by atoms with Gasteiger partial charge in [-0.1, -0.05) is 6.92 Å². The number of nitrogens with two attached hydrogens (primary N) is 2. The lowest BCUT2D eigenvalue weighted by atomic mass is 10.1. The first kappa shape index (κ1) is 14.2. The molecule has 5 N–H and O–H groups in total. The molecule has 100 valence electrons. The van der Waals surface area contributed by atoms with E-state index in [4.69, 9.17) is 11.5 Å². The zero-order valence-corrected chi connectivity index (χ0v) is 10.4. The first-order valence-electron chi connectivity index (χ1n) is 5.82. The second kappa shape index (κ2) is 6.75. The monoisotopic (exact) mass is 253 g/mol. The molecule has 0 aromatic carbocycles. The van der Waals surface area contributed by atoms with Crippen molar-refractivity contribution in [2.24, 2.45) is 17.4 Å². The number of primary amides is 1. The number of hydrogen-bond acceptors (Lipinski definition) is 4. The highest BCUT2D eigenvalue weighted by atomic mass is 16.2. The molecule has 0 saturated carbocycles. The molecule has 18 heavy (non-hydrogen) atoms. The number of aromatic nitrogens is 2. The third-order valence-corrected chi connectivity index (χ3v) is 2.50. The van der Waals surface area contributed by atoms with Gasteiger partial charge < -0.3 is 16.8 Å². The second-order valence-corrected chi connectivity index (χ2v) is 4.32. The fourth-order valence-corrected chi connectivity index (χ4v) is 1.39. The van der Waals surface area contributed by atoms with Gasteiger partial charge in [-0.2, -0.15) is 5.10 Å². The molecule has 0 bridgehead atoms. The molecule has 0 radical (unpaired) electrons. The van der Waals surface area contributed by atoms with E-state index in [0.29, 0.717) is 24.6 Å². The summed E-state index contributed by atoms with van der Waals surface area (Å²) >= 11 is 0. The fraction of sp³-hybridized carbons (Fsp3) is 0.545. The van der Waals surface area contributed by atoms with Crippen LogP contribution in [0.25, 0.3) is 0 Å². The molecule has 0 aliphatic rings. The summed E-state index contributed by atoms with van der Waals surface area (Å²) in [7, 11) is 0. The molecule has 1 heterocycles. The molecule has 1 atom stereocenters. The minimum absolute atomic E-state index is 0.0000775. The van der Waals surface area contributed by atoms with Gasteiger partial charge in [-0.3, -0.25) is 14.3 Å². The topological polar surface area (TPSA) is 116 Å². The SMILES string of the molecule is CC(CN)CCC(=O)Nc1cnn(CC(N)=O)c1. The van der Waals surface area contributed by atoms with E-state index in [1.54, 1.807) is 6.20 Å². The number of carbonyl (C=O) groups excluding carboxylic acids is 2. The van der Waals surface area contributed by atoms with Gasteiger partial charge in [-0.05, 0) is 18.9 Å². The lowest BCUT2D eigenvalue weighted by Gasteiger charge is -2.07. The third kappa shape index (κ3) is 4.96. The molecule has 7 heteroatoms. The number of nitrogens with one attached hydrogen (secondary N) is 1. The predicted molar refractivity (Wildman–Crippen MR) is 67.5 cm³/mol. The normalized spacial score (nSPS) is 12.1. The van der Waals surface area contributed by atoms with Crippen LogP contribution in [0.4, 0.5) is 5.69 Å². The number of nitrogens with zero attached hydrogens (tertiary/aromatic N) is 2. The van der Waals surface area contributed by atoms with Crippen LogP contribution in [0.3, 0.4) is 0 Å². The van der Waals surface area contributed by atoms with Crippen molar-refractivity contribution < 1.29 is 9.59 Å². The van der Waals surface area contributed by atoms with Gasteiger partial charge >= 0.3 is 0 Å². The Hall–Kier alpha value is -1.89. The van der Waals surface area contributed by atoms with Crippen LogP contribution in [0, 0.1) is 5.92 Å². The van der Waals surface area contributed by atoms with Crippen LogP contribution in [0.15, 0.2) is 12.4 Å². The maximum absolute atomic E-state index is 11.6. The molecule has 1 rings (SSSR count). The number of amides is 2. The minimum atomic E-state index is -0.479. The Morgan fingerprint density at radius 3 is 2.89 bits per heavy atom. The van der Waals surface area contributed by atoms with Gasteiger partial charge in [-0.25, -0.2) is 0 Å². The van der Waals surface area contributed by atoms with Crippen LogP contribution in [0.5, 0.6) is 0 Å². The first-order valence-corrected chi connectivity index (χ1v) is 5.82. The Balaban J connectivity index is 2.40. The fourth-order valence-electron chi connectivity index (χ4n) is 1.39. The van der Waals surface area contributed by atoms with Crippen molar-refractivity contribution in [3.8, 4) is 0 Å². The summed E-state index contributed by atoms with van der Waals surface area (Å²) in [4.78, 5) is 22.3. The van der Waals surface area contributed by atoms with Crippen molar-refractivity contribution in [1.29, 1.82) is 0 Å². The highest BCUT2D eigenvalue weighted by Crippen LogP contribution is 2.08. The van der Waals surface area contributed by atoms with Gasteiger partial charge in [0.1, 0.15) is 6.54 Å². The standard InChI is InChI=1S/C11H19N5O2/c1-8(4-12)2-3-11(18)15-9-5-14-16(6-9)7-10(13)17/h5-6,8H,2-4,7,12H2,1H3,(H2,13,17)(H,15,18). The summed E-state index contributed by atoms with van der Waals surface area (Å²) in [5, 5.41) is 6.60. The third-order valence-electron chi connectivity index (χ3n) is 2.50. The van der Waals surface area contributed by atoms with Crippen molar-refractivity contribution in [1.82, 2.24) is 9.78 Å². The average molecular weight is 253 g/mol. The smallest absolute Gasteiger partial charge is 0.239 e. The van der Waals surface area contributed by atoms with Crippen LogP contribution < -0.4 is 16.8 Å². The molecular weight excluding hydrogens is 234 g/mol. The summed E-state index contributed by atoms with van der Waals surface area (Å²) in [5.41, 5.74) is 11.1. The predicted octanol–water partition coefficient (Wildman–Crippen LogP) is -0.318. The van der Waals surface area contributed by atoms with E-state index in [1.165, 1.54) is 10.9 Å². The number of carbonyl (C=O) groups is 2. The van der Waals surface area contributed by atoms with Gasteiger partial charge in [-0.15, -0.1) is 0 Å². The van der Waals surface area contributed by atoms with Gasteiger partial charge in [0.25, 0.3) is 0 Å². The minimum Gasteiger partial charge on any atom is -0.368 e. The van der Waals surface area contributed by atoms with Crippen molar-refractivity contribution in [3.63, 3.8) is 0 Å². The quantitative estimate of drug-likeness (QED) is 0.617. The molecule has 1 aromatic heterocycles. The molecule has 0 aliphatic carbocycles. The molecule has 0 saturated heterocycles. The van der Waals surface area contributed by atoms with Crippen LogP contribution in [-0.2, 0) is 16.1 Å². The average Bonchev–Trinajstić information content (AvgIpc) is 2.72. The Morgan fingerprint density at radius 2 is 2.28 bits per heavy atom. The van der Waals surface area contributed by atoms with Crippen LogP contribution >= 0.6 is 0 Å². The van der Waals surface area contributed by atoms with Crippen LogP contribution in [-0.4, -0.2) is 28.1 Å². The van der Waals surface area contributed by atoms with Gasteiger partial charge in [0.05, 0.1) is 11.9 Å². The summed E-state index contributed by atoms with van der Waals surface area (Å²) < 4.78 is 1.38. The molecular formula is C11H19N5O2. The Morgan fingerprint density at radius 1 is 1.56 bits per heavy atom. The number of hydrogen-bond donors (Lipinski definition) is 3. The summed E-state index contributed by atoms with van der Waals surface area (Å²) in [6, 6.07) is 0. The molecule has 2 amide bonds. The Kier molecular flexibility index (Phi) is 5.31. The highest BCUT2D eigenvalue weighted by molar-refractivity contribution is 5.90. The molecule has 1 aromatic rings. The molecule has 0 aliphatic heterocycles. The molecule has 1 unspecified atom stereocenters. The van der Waals surface area contributed by atoms with Crippen LogP contribution in [0.1, 0.15) is 19.8 Å². The maximum Gasteiger partial charge on any atom is 0.239 e. The number of rotatable bonds is 7. The van der Waals surface area contributed by atoms with E-state index in [0.717, 1.165) is 6.42 Å². The highest BCUT2D eigenvalue weighted by Gasteiger charge is 2.07. The second-order valence-electron chi connectivity index (χ2n) is 4.32. The van der Waals surface area contributed by atoms with E-state index < -0.39 is 5.91 Å². The van der Waals surface area contributed by atoms with Gasteiger partial charge in [0.2, 0.25) is 11.8 Å². The molecule has 0 fully saturated rings. The van der Waals surface area contributed by atoms with Crippen LogP contribution in [0.2, 0.25) is 0 Å². The number of anilines is 1. The zero-order chi connectivity index (χ0) is 13.5. The molecule has 7 nitrogen and oxygen atoms in total. The zero-order valence-electron chi connectivity index (χ0n) is 10.4. The largest absolute Gasteiger partial charge is 0.368 e. The molecule has 0 spiro atoms. The summed E-state index contributed by atoms with van der Waals surface area (Å²) in [6.07, 6.45) is 4.21. The Bertz CT molecular complexity index is 415.